The van der Waals surface area contributed by atoms with Gasteiger partial charge in [0, 0.05) is 19.1 Å². The second-order valence-corrected chi connectivity index (χ2v) is 6.25. The number of hydrogen-bond donors (Lipinski definition) is 2. The molecule has 1 saturated heterocycles. The Morgan fingerprint density at radius 2 is 2.08 bits per heavy atom. The second kappa shape index (κ2) is 7.99. The summed E-state index contributed by atoms with van der Waals surface area (Å²) in [5.41, 5.74) is 1.13. The van der Waals surface area contributed by atoms with E-state index in [1.54, 1.807) is 17.9 Å². The lowest BCUT2D eigenvalue weighted by Crippen LogP contribution is -2.49. The lowest BCUT2D eigenvalue weighted by atomic mass is 10.0. The SMILES string of the molecule is Cc1occc1C(=O)NC1CCN(C(=O)NCc2ccc(F)cn2)CC1. The van der Waals surface area contributed by atoms with Crippen LogP contribution in [-0.4, -0.2) is 41.0 Å². The van der Waals surface area contributed by atoms with E-state index in [0.717, 1.165) is 6.20 Å². The molecule has 1 fully saturated rings. The largest absolute Gasteiger partial charge is 0.469 e. The zero-order valence-corrected chi connectivity index (χ0v) is 14.5. The number of furan rings is 1. The highest BCUT2D eigenvalue weighted by Crippen LogP contribution is 2.13. The lowest BCUT2D eigenvalue weighted by molar-refractivity contribution is 0.0916. The van der Waals surface area contributed by atoms with E-state index in [4.69, 9.17) is 4.42 Å². The number of urea groups is 1. The zero-order chi connectivity index (χ0) is 18.5. The fourth-order valence-corrected chi connectivity index (χ4v) is 2.90. The summed E-state index contributed by atoms with van der Waals surface area (Å²) in [4.78, 5) is 30.0. The van der Waals surface area contributed by atoms with E-state index in [-0.39, 0.29) is 24.5 Å². The Morgan fingerprint density at radius 3 is 2.69 bits per heavy atom. The van der Waals surface area contributed by atoms with Crippen LogP contribution in [0.5, 0.6) is 0 Å². The average Bonchev–Trinajstić information content (AvgIpc) is 3.08. The van der Waals surface area contributed by atoms with Gasteiger partial charge in [-0.25, -0.2) is 9.18 Å². The predicted octanol–water partition coefficient (Wildman–Crippen LogP) is 2.23. The van der Waals surface area contributed by atoms with Crippen molar-refractivity contribution in [1.29, 1.82) is 0 Å². The Morgan fingerprint density at radius 1 is 1.31 bits per heavy atom. The van der Waals surface area contributed by atoms with Gasteiger partial charge in [0.25, 0.3) is 5.91 Å². The maximum atomic E-state index is 12.8. The van der Waals surface area contributed by atoms with Crippen molar-refractivity contribution in [3.05, 3.63) is 53.5 Å². The molecule has 0 spiro atoms. The molecule has 0 bridgehead atoms. The Balaban J connectivity index is 1.43. The molecule has 26 heavy (non-hydrogen) atoms. The van der Waals surface area contributed by atoms with Crippen LogP contribution in [0, 0.1) is 12.7 Å². The van der Waals surface area contributed by atoms with Crippen LogP contribution in [0.3, 0.4) is 0 Å². The van der Waals surface area contributed by atoms with Gasteiger partial charge in [-0.15, -0.1) is 0 Å². The third-order valence-corrected chi connectivity index (χ3v) is 4.43. The quantitative estimate of drug-likeness (QED) is 0.875. The van der Waals surface area contributed by atoms with Crippen LogP contribution >= 0.6 is 0 Å². The highest BCUT2D eigenvalue weighted by molar-refractivity contribution is 5.95. The number of likely N-dealkylation sites (tertiary alicyclic amines) is 1. The van der Waals surface area contributed by atoms with Gasteiger partial charge in [-0.2, -0.15) is 0 Å². The number of nitrogens with one attached hydrogen (secondary N) is 2. The van der Waals surface area contributed by atoms with Gasteiger partial charge in [0.15, 0.2) is 0 Å². The molecular formula is C18H21FN4O3. The number of piperidine rings is 1. The highest BCUT2D eigenvalue weighted by atomic mass is 19.1. The van der Waals surface area contributed by atoms with Crippen molar-refractivity contribution in [1.82, 2.24) is 20.5 Å². The summed E-state index contributed by atoms with van der Waals surface area (Å²) in [6.07, 6.45) is 3.99. The number of nitrogens with zero attached hydrogens (tertiary/aromatic N) is 2. The summed E-state index contributed by atoms with van der Waals surface area (Å²) < 4.78 is 18.0. The smallest absolute Gasteiger partial charge is 0.317 e. The first-order valence-electron chi connectivity index (χ1n) is 8.51. The van der Waals surface area contributed by atoms with E-state index >= 15 is 0 Å². The molecule has 0 aliphatic carbocycles. The van der Waals surface area contributed by atoms with Gasteiger partial charge < -0.3 is 20.0 Å². The molecule has 0 atom stereocenters. The minimum absolute atomic E-state index is 0.0274. The fourth-order valence-electron chi connectivity index (χ4n) is 2.90. The van der Waals surface area contributed by atoms with Crippen molar-refractivity contribution in [3.63, 3.8) is 0 Å². The van der Waals surface area contributed by atoms with Gasteiger partial charge in [-0.1, -0.05) is 0 Å². The maximum Gasteiger partial charge on any atom is 0.317 e. The molecule has 0 unspecified atom stereocenters. The molecular weight excluding hydrogens is 339 g/mol. The second-order valence-electron chi connectivity index (χ2n) is 6.25. The average molecular weight is 360 g/mol. The maximum absolute atomic E-state index is 12.8. The van der Waals surface area contributed by atoms with Crippen molar-refractivity contribution in [2.45, 2.75) is 32.4 Å². The summed E-state index contributed by atoms with van der Waals surface area (Å²) >= 11 is 0. The molecule has 3 rings (SSSR count). The molecule has 2 aromatic heterocycles. The van der Waals surface area contributed by atoms with Gasteiger partial charge in [0.2, 0.25) is 0 Å². The van der Waals surface area contributed by atoms with Crippen LogP contribution < -0.4 is 10.6 Å². The molecule has 2 N–H and O–H groups in total. The molecule has 138 valence electrons. The van der Waals surface area contributed by atoms with Crippen molar-refractivity contribution < 1.29 is 18.4 Å². The van der Waals surface area contributed by atoms with Crippen LogP contribution in [0.15, 0.2) is 35.1 Å². The van der Waals surface area contributed by atoms with E-state index in [2.05, 4.69) is 15.6 Å². The number of carbonyl (C=O) groups excluding carboxylic acids is 2. The third-order valence-electron chi connectivity index (χ3n) is 4.43. The Bertz CT molecular complexity index is 767. The summed E-state index contributed by atoms with van der Waals surface area (Å²) in [5, 5.41) is 5.76. The van der Waals surface area contributed by atoms with Crippen LogP contribution in [0.2, 0.25) is 0 Å². The minimum Gasteiger partial charge on any atom is -0.469 e. The topological polar surface area (TPSA) is 87.5 Å². The summed E-state index contributed by atoms with van der Waals surface area (Å²) in [5.74, 6) is 0.0325. The predicted molar refractivity (Wildman–Crippen MR) is 91.9 cm³/mol. The third kappa shape index (κ3) is 4.38. The lowest BCUT2D eigenvalue weighted by Gasteiger charge is -2.32. The molecule has 1 aliphatic rings. The first-order valence-corrected chi connectivity index (χ1v) is 8.51. The zero-order valence-electron chi connectivity index (χ0n) is 14.5. The number of aryl methyl sites for hydroxylation is 1. The molecule has 7 nitrogen and oxygen atoms in total. The molecule has 3 heterocycles. The number of halogens is 1. The number of aromatic nitrogens is 1. The molecule has 8 heteroatoms. The monoisotopic (exact) mass is 360 g/mol. The van der Waals surface area contributed by atoms with E-state index in [1.807, 2.05) is 0 Å². The highest BCUT2D eigenvalue weighted by Gasteiger charge is 2.24. The van der Waals surface area contributed by atoms with E-state index in [9.17, 15) is 14.0 Å². The molecule has 1 aliphatic heterocycles. The Kier molecular flexibility index (Phi) is 5.50. The normalized spacial score (nSPS) is 14.9. The Hall–Kier alpha value is -2.90. The van der Waals surface area contributed by atoms with E-state index in [1.165, 1.54) is 18.4 Å². The van der Waals surface area contributed by atoms with Crippen molar-refractivity contribution in [2.75, 3.05) is 13.1 Å². The number of rotatable bonds is 4. The molecule has 3 amide bonds. The van der Waals surface area contributed by atoms with Crippen LogP contribution in [0.1, 0.15) is 34.7 Å². The van der Waals surface area contributed by atoms with Crippen molar-refractivity contribution in [2.24, 2.45) is 0 Å². The van der Waals surface area contributed by atoms with Crippen molar-refractivity contribution in [3.8, 4) is 0 Å². The van der Waals surface area contributed by atoms with Crippen LogP contribution in [0.25, 0.3) is 0 Å². The van der Waals surface area contributed by atoms with Gasteiger partial charge in [0.1, 0.15) is 11.6 Å². The summed E-state index contributed by atoms with van der Waals surface area (Å²) in [6, 6.07) is 4.34. The van der Waals surface area contributed by atoms with Crippen LogP contribution in [0.4, 0.5) is 9.18 Å². The number of hydrogen-bond acceptors (Lipinski definition) is 4. The minimum atomic E-state index is -0.408. The number of carbonyl (C=O) groups is 2. The van der Waals surface area contributed by atoms with Gasteiger partial charge in [-0.3, -0.25) is 9.78 Å². The number of amides is 3. The van der Waals surface area contributed by atoms with E-state index < -0.39 is 5.82 Å². The van der Waals surface area contributed by atoms with Gasteiger partial charge in [0.05, 0.1) is 30.3 Å². The summed E-state index contributed by atoms with van der Waals surface area (Å²) in [7, 11) is 0. The Labute approximate surface area is 150 Å². The molecule has 2 aromatic rings. The fraction of sp³-hybridized carbons (Fsp3) is 0.389. The van der Waals surface area contributed by atoms with Crippen molar-refractivity contribution >= 4 is 11.9 Å². The molecule has 0 saturated carbocycles. The van der Waals surface area contributed by atoms with Gasteiger partial charge in [-0.05, 0) is 38.0 Å². The first-order chi connectivity index (χ1) is 12.5. The number of pyridine rings is 1. The first kappa shape index (κ1) is 17.9. The summed E-state index contributed by atoms with van der Waals surface area (Å²) in [6.45, 7) is 3.10. The standard InChI is InChI=1S/C18H21FN4O3/c1-12-16(6-9-26-12)17(24)22-14-4-7-23(8-5-14)18(25)21-11-15-3-2-13(19)10-20-15/h2-3,6,9-10,14H,4-5,7-8,11H2,1H3,(H,21,25)(H,22,24). The van der Waals surface area contributed by atoms with Gasteiger partial charge >= 0.3 is 6.03 Å². The van der Waals surface area contributed by atoms with E-state index in [0.29, 0.717) is 42.9 Å². The van der Waals surface area contributed by atoms with Crippen LogP contribution in [-0.2, 0) is 6.54 Å². The molecule has 0 radical (unpaired) electrons. The molecule has 0 aromatic carbocycles.